The van der Waals surface area contributed by atoms with Crippen molar-refractivity contribution in [2.45, 2.75) is 11.3 Å². The Balaban J connectivity index is 2.29. The lowest BCUT2D eigenvalue weighted by Gasteiger charge is -2.30. The van der Waals surface area contributed by atoms with Crippen LogP contribution < -0.4 is 5.43 Å². The summed E-state index contributed by atoms with van der Waals surface area (Å²) in [6, 6.07) is 4.19. The molecule has 124 valence electrons. The Morgan fingerprint density at radius 2 is 2.00 bits per heavy atom. The molecule has 1 aromatic rings. The predicted octanol–water partition coefficient (Wildman–Crippen LogP) is -0.190. The van der Waals surface area contributed by atoms with Crippen LogP contribution in [0, 0.1) is 16.0 Å². The third-order valence-electron chi connectivity index (χ3n) is 3.24. The molecule has 1 heterocycles. The summed E-state index contributed by atoms with van der Waals surface area (Å²) in [5.41, 5.74) is 1.90. The Morgan fingerprint density at radius 3 is 2.52 bits per heavy atom. The number of esters is 1. The molecule has 1 aromatic carbocycles. The Morgan fingerprint density at radius 1 is 1.39 bits per heavy atom. The monoisotopic (exact) mass is 343 g/mol. The molecule has 0 radical (unpaired) electrons. The zero-order chi connectivity index (χ0) is 17.2. The van der Waals surface area contributed by atoms with E-state index in [9.17, 15) is 28.1 Å². The van der Waals surface area contributed by atoms with Gasteiger partial charge in [0.2, 0.25) is 5.91 Å². The van der Waals surface area contributed by atoms with Gasteiger partial charge in [0.15, 0.2) is 0 Å². The van der Waals surface area contributed by atoms with Crippen LogP contribution in [0.5, 0.6) is 0 Å². The number of hydrazine groups is 1. The first kappa shape index (κ1) is 16.8. The van der Waals surface area contributed by atoms with Crippen molar-refractivity contribution in [3.63, 3.8) is 0 Å². The molecule has 1 amide bonds. The summed E-state index contributed by atoms with van der Waals surface area (Å²) in [6.07, 6.45) is -0.182. The van der Waals surface area contributed by atoms with Gasteiger partial charge in [-0.3, -0.25) is 25.1 Å². The highest BCUT2D eigenvalue weighted by molar-refractivity contribution is 7.89. The first-order valence-electron chi connectivity index (χ1n) is 6.40. The fourth-order valence-electron chi connectivity index (χ4n) is 2.07. The molecule has 1 atom stereocenters. The van der Waals surface area contributed by atoms with E-state index >= 15 is 0 Å². The van der Waals surface area contributed by atoms with E-state index in [0.29, 0.717) is 4.41 Å². The Kier molecular flexibility index (Phi) is 4.61. The molecule has 1 saturated heterocycles. The van der Waals surface area contributed by atoms with Crippen LogP contribution in [0.3, 0.4) is 0 Å². The number of methoxy groups -OCH3 is 1. The molecular weight excluding hydrogens is 330 g/mol. The number of benzene rings is 1. The third kappa shape index (κ3) is 3.46. The molecule has 0 bridgehead atoms. The summed E-state index contributed by atoms with van der Waals surface area (Å²) >= 11 is 0. The van der Waals surface area contributed by atoms with Gasteiger partial charge in [0.05, 0.1) is 22.8 Å². The van der Waals surface area contributed by atoms with Crippen LogP contribution in [-0.4, -0.2) is 43.3 Å². The highest BCUT2D eigenvalue weighted by atomic mass is 32.2. The zero-order valence-electron chi connectivity index (χ0n) is 12.0. The lowest BCUT2D eigenvalue weighted by Crippen LogP contribution is -2.54. The number of ether oxygens (including phenoxy) is 1. The quantitative estimate of drug-likeness (QED) is 0.454. The minimum Gasteiger partial charge on any atom is -0.469 e. The minimum atomic E-state index is -4.14. The van der Waals surface area contributed by atoms with Crippen molar-refractivity contribution in [1.82, 2.24) is 9.84 Å². The standard InChI is InChI=1S/C12H13N3O7S/c1-22-12(17)8-6-11(16)13-14(7-8)23(20,21)10-4-2-9(3-5-10)15(18)19/h2-5,8H,6-7H2,1H3,(H,13,16). The van der Waals surface area contributed by atoms with E-state index in [1.807, 2.05) is 0 Å². The fourth-order valence-corrected chi connectivity index (χ4v) is 3.40. The normalized spacial score (nSPS) is 19.0. The maximum absolute atomic E-state index is 12.5. The van der Waals surface area contributed by atoms with Crippen molar-refractivity contribution in [2.24, 2.45) is 5.92 Å². The summed E-state index contributed by atoms with van der Waals surface area (Å²) in [5.74, 6) is -2.25. The van der Waals surface area contributed by atoms with Crippen molar-refractivity contribution in [1.29, 1.82) is 0 Å². The Hall–Kier alpha value is -2.53. The summed E-state index contributed by atoms with van der Waals surface area (Å²) < 4.78 is 30.1. The van der Waals surface area contributed by atoms with E-state index in [1.54, 1.807) is 0 Å². The van der Waals surface area contributed by atoms with Gasteiger partial charge >= 0.3 is 5.97 Å². The highest BCUT2D eigenvalue weighted by Gasteiger charge is 2.37. The molecule has 0 saturated carbocycles. The van der Waals surface area contributed by atoms with Gasteiger partial charge in [-0.2, -0.15) is 0 Å². The van der Waals surface area contributed by atoms with E-state index in [0.717, 1.165) is 31.4 Å². The van der Waals surface area contributed by atoms with Crippen LogP contribution in [0.1, 0.15) is 6.42 Å². The van der Waals surface area contributed by atoms with E-state index in [-0.39, 0.29) is 23.5 Å². The summed E-state index contributed by atoms with van der Waals surface area (Å²) in [4.78, 5) is 32.8. The second-order valence-electron chi connectivity index (χ2n) is 4.75. The van der Waals surface area contributed by atoms with Crippen LogP contribution in [0.4, 0.5) is 5.69 Å². The second kappa shape index (κ2) is 6.30. The number of non-ortho nitro benzene ring substituents is 1. The number of nitrogens with one attached hydrogen (secondary N) is 1. The number of nitro benzene ring substituents is 1. The maximum atomic E-state index is 12.5. The van der Waals surface area contributed by atoms with Crippen LogP contribution >= 0.6 is 0 Å². The van der Waals surface area contributed by atoms with Crippen molar-refractivity contribution >= 4 is 27.6 Å². The van der Waals surface area contributed by atoms with E-state index in [4.69, 9.17) is 0 Å². The van der Waals surface area contributed by atoms with Crippen molar-refractivity contribution < 1.29 is 27.7 Å². The van der Waals surface area contributed by atoms with Crippen molar-refractivity contribution in [3.05, 3.63) is 34.4 Å². The summed E-state index contributed by atoms with van der Waals surface area (Å²) in [6.45, 7) is -0.280. The van der Waals surface area contributed by atoms with Gasteiger partial charge in [-0.1, -0.05) is 0 Å². The number of hydrogen-bond donors (Lipinski definition) is 1. The van der Waals surface area contributed by atoms with Crippen molar-refractivity contribution in [3.8, 4) is 0 Å². The van der Waals surface area contributed by atoms with Gasteiger partial charge < -0.3 is 4.74 Å². The molecule has 1 aliphatic rings. The average Bonchev–Trinajstić information content (AvgIpc) is 2.53. The summed E-state index contributed by atoms with van der Waals surface area (Å²) in [5, 5.41) is 10.6. The molecule has 23 heavy (non-hydrogen) atoms. The minimum absolute atomic E-state index is 0.182. The topological polar surface area (TPSA) is 136 Å². The van der Waals surface area contributed by atoms with Crippen molar-refractivity contribution in [2.75, 3.05) is 13.7 Å². The Bertz CT molecular complexity index is 744. The van der Waals surface area contributed by atoms with Gasteiger partial charge in [0.1, 0.15) is 0 Å². The number of amides is 1. The van der Waals surface area contributed by atoms with E-state index in [2.05, 4.69) is 10.2 Å². The molecule has 0 aromatic heterocycles. The second-order valence-corrected chi connectivity index (χ2v) is 6.61. The number of hydrogen-bond acceptors (Lipinski definition) is 7. The van der Waals surface area contributed by atoms with Crippen LogP contribution in [0.25, 0.3) is 0 Å². The molecule has 0 spiro atoms. The first-order chi connectivity index (χ1) is 10.8. The van der Waals surface area contributed by atoms with Gasteiger partial charge in [-0.05, 0) is 12.1 Å². The van der Waals surface area contributed by atoms with E-state index < -0.39 is 32.7 Å². The van der Waals surface area contributed by atoms with Crippen LogP contribution in [0.2, 0.25) is 0 Å². The van der Waals surface area contributed by atoms with Gasteiger partial charge in [-0.15, -0.1) is 4.41 Å². The number of nitrogens with zero attached hydrogens (tertiary/aromatic N) is 2. The molecule has 1 aliphatic heterocycles. The average molecular weight is 343 g/mol. The zero-order valence-corrected chi connectivity index (χ0v) is 12.8. The highest BCUT2D eigenvalue weighted by Crippen LogP contribution is 2.22. The largest absolute Gasteiger partial charge is 0.469 e. The fraction of sp³-hybridized carbons (Fsp3) is 0.333. The van der Waals surface area contributed by atoms with E-state index in [1.165, 1.54) is 0 Å². The SMILES string of the molecule is COC(=O)C1CC(=O)NN(S(=O)(=O)c2ccc([N+](=O)[O-])cc2)C1. The molecule has 1 N–H and O–H groups in total. The number of rotatable bonds is 4. The smallest absolute Gasteiger partial charge is 0.310 e. The number of nitro groups is 1. The molecule has 10 nitrogen and oxygen atoms in total. The number of carbonyl (C=O) groups is 2. The molecule has 1 fully saturated rings. The number of sulfonamides is 1. The van der Waals surface area contributed by atoms with Gasteiger partial charge in [-0.25, -0.2) is 8.42 Å². The van der Waals surface area contributed by atoms with Gasteiger partial charge in [0.25, 0.3) is 15.7 Å². The predicted molar refractivity (Wildman–Crippen MR) is 75.3 cm³/mol. The molecule has 11 heteroatoms. The molecule has 2 rings (SSSR count). The Labute approximate surface area is 131 Å². The lowest BCUT2D eigenvalue weighted by atomic mass is 10.0. The van der Waals surface area contributed by atoms with Crippen LogP contribution in [-0.2, 0) is 24.3 Å². The van der Waals surface area contributed by atoms with Gasteiger partial charge in [0, 0.05) is 25.1 Å². The maximum Gasteiger partial charge on any atom is 0.310 e. The molecule has 0 aliphatic carbocycles. The van der Waals surface area contributed by atoms with Crippen LogP contribution in [0.15, 0.2) is 29.2 Å². The summed E-state index contributed by atoms with van der Waals surface area (Å²) in [7, 11) is -3.00. The molecule has 1 unspecified atom stereocenters. The third-order valence-corrected chi connectivity index (χ3v) is 4.93. The molecular formula is C12H13N3O7S. The first-order valence-corrected chi connectivity index (χ1v) is 7.84. The number of carbonyl (C=O) groups excluding carboxylic acids is 2. The lowest BCUT2D eigenvalue weighted by molar-refractivity contribution is -0.384.